The molecule has 5 atom stereocenters. The quantitative estimate of drug-likeness (QED) is 0.621. The molecule has 0 radical (unpaired) electrons. The number of rotatable bonds is 1. The maximum atomic E-state index is 11.6. The van der Waals surface area contributed by atoms with Crippen LogP contribution in [-0.2, 0) is 4.79 Å². The molecule has 3 saturated carbocycles. The SMILES string of the molecule is [CH3][AlH][CH]1C(O)C23CCC2C(=O)CC13. The Labute approximate surface area is 84.4 Å². The number of hydrogen-bond acceptors (Lipinski definition) is 2. The molecule has 1 N–H and O–H groups in total. The predicted octanol–water partition coefficient (Wildman–Crippen LogP) is 0.619. The standard InChI is InChI=1S/C9H11O2.CH3.Al.H/c10-7-3-5-4-8(11)9(5)2-1-6(7)9;;;/h4-6,8,11H,1-3H2;1H3;;. The molecule has 3 heteroatoms. The first kappa shape index (κ1) is 8.47. The molecule has 0 aromatic carbocycles. The van der Waals surface area contributed by atoms with Crippen molar-refractivity contribution in [2.24, 2.45) is 17.3 Å². The Hall–Kier alpha value is 0.162. The Morgan fingerprint density at radius 1 is 1.62 bits per heavy atom. The lowest BCUT2D eigenvalue weighted by atomic mass is 9.46. The van der Waals surface area contributed by atoms with Gasteiger partial charge in [0.1, 0.15) is 5.78 Å². The van der Waals surface area contributed by atoms with Gasteiger partial charge in [-0.1, -0.05) is 4.78 Å². The second-order valence-corrected chi connectivity index (χ2v) is 6.76. The highest BCUT2D eigenvalue weighted by Crippen LogP contribution is 2.72. The Bertz CT molecular complexity index is 278. The largest absolute Gasteiger partial charge is 0.394 e. The van der Waals surface area contributed by atoms with Gasteiger partial charge in [0, 0.05) is 17.8 Å². The van der Waals surface area contributed by atoms with E-state index in [4.69, 9.17) is 0 Å². The summed E-state index contributed by atoms with van der Waals surface area (Å²) in [7, 11) is 0. The fraction of sp³-hybridized carbons (Fsp3) is 0.900. The summed E-state index contributed by atoms with van der Waals surface area (Å²) in [5, 5.41) is 10.1. The first-order valence-electron chi connectivity index (χ1n) is 5.42. The monoisotopic (exact) mass is 194 g/mol. The van der Waals surface area contributed by atoms with Gasteiger partial charge in [-0.3, -0.25) is 4.79 Å². The number of hydrogen-bond donors (Lipinski definition) is 1. The Morgan fingerprint density at radius 3 is 2.92 bits per heavy atom. The molecule has 0 aliphatic heterocycles. The fourth-order valence-electron chi connectivity index (χ4n) is 4.21. The number of Topliss-reactive ketones (excluding diaryl/α,β-unsaturated/α-hetero) is 1. The summed E-state index contributed by atoms with van der Waals surface area (Å²) in [5.41, 5.74) is 0.116. The Morgan fingerprint density at radius 2 is 2.38 bits per heavy atom. The van der Waals surface area contributed by atoms with Gasteiger partial charge in [0.15, 0.2) is 0 Å². The molecule has 3 rings (SSSR count). The topological polar surface area (TPSA) is 37.3 Å². The van der Waals surface area contributed by atoms with Crippen molar-refractivity contribution in [1.29, 1.82) is 0 Å². The van der Waals surface area contributed by atoms with Crippen molar-refractivity contribution in [2.45, 2.75) is 35.9 Å². The van der Waals surface area contributed by atoms with Crippen molar-refractivity contribution < 1.29 is 9.90 Å². The van der Waals surface area contributed by atoms with Crippen LogP contribution in [0.15, 0.2) is 0 Å². The molecule has 3 aliphatic rings. The van der Waals surface area contributed by atoms with Crippen LogP contribution in [0, 0.1) is 17.3 Å². The molecule has 2 nitrogen and oxygen atoms in total. The molecule has 0 amide bonds. The smallest absolute Gasteiger partial charge is 0.242 e. The van der Waals surface area contributed by atoms with Gasteiger partial charge in [-0.15, -0.1) is 5.79 Å². The molecule has 1 spiro atoms. The van der Waals surface area contributed by atoms with E-state index in [2.05, 4.69) is 5.79 Å². The van der Waals surface area contributed by atoms with Crippen LogP contribution in [-0.4, -0.2) is 32.2 Å². The van der Waals surface area contributed by atoms with Crippen LogP contribution >= 0.6 is 0 Å². The van der Waals surface area contributed by atoms with Crippen molar-refractivity contribution in [3.05, 3.63) is 0 Å². The second-order valence-electron chi connectivity index (χ2n) is 5.00. The van der Waals surface area contributed by atoms with Crippen LogP contribution in [0.1, 0.15) is 19.3 Å². The maximum Gasteiger partial charge on any atom is 0.242 e. The third kappa shape index (κ3) is 0.707. The van der Waals surface area contributed by atoms with Crippen LogP contribution < -0.4 is 0 Å². The summed E-state index contributed by atoms with van der Waals surface area (Å²) in [5.74, 6) is 3.59. The molecular formula is C10H15AlO2. The summed E-state index contributed by atoms with van der Waals surface area (Å²) in [6.07, 6.45) is 2.89. The highest BCUT2D eigenvalue weighted by molar-refractivity contribution is 6.37. The van der Waals surface area contributed by atoms with E-state index in [9.17, 15) is 9.90 Å². The van der Waals surface area contributed by atoms with Gasteiger partial charge in [-0.2, -0.15) is 0 Å². The molecule has 0 heterocycles. The first-order valence-corrected chi connectivity index (χ1v) is 7.65. The van der Waals surface area contributed by atoms with E-state index in [0.29, 0.717) is 16.5 Å². The molecule has 5 unspecified atom stereocenters. The van der Waals surface area contributed by atoms with Crippen LogP contribution in [0.5, 0.6) is 0 Å². The molecule has 3 aliphatic carbocycles. The lowest BCUT2D eigenvalue weighted by Gasteiger charge is -2.63. The summed E-state index contributed by atoms with van der Waals surface area (Å²) in [4.78, 5) is 11.6. The minimum absolute atomic E-state index is 0.0978. The van der Waals surface area contributed by atoms with Gasteiger partial charge < -0.3 is 5.11 Å². The molecule has 0 bridgehead atoms. The van der Waals surface area contributed by atoms with Crippen LogP contribution in [0.4, 0.5) is 0 Å². The van der Waals surface area contributed by atoms with Gasteiger partial charge in [0.25, 0.3) is 0 Å². The average molecular weight is 194 g/mol. The van der Waals surface area contributed by atoms with E-state index in [1.807, 2.05) is 0 Å². The van der Waals surface area contributed by atoms with Crippen molar-refractivity contribution in [1.82, 2.24) is 0 Å². The molecule has 70 valence electrons. The number of aliphatic hydroxyl groups excluding tert-OH is 1. The summed E-state index contributed by atoms with van der Waals surface area (Å²) in [6.45, 7) is 0. The van der Waals surface area contributed by atoms with Gasteiger partial charge in [-0.25, -0.2) is 0 Å². The average Bonchev–Trinajstić information content (AvgIpc) is 2.17. The van der Waals surface area contributed by atoms with E-state index in [0.717, 1.165) is 19.3 Å². The first-order chi connectivity index (χ1) is 6.21. The van der Waals surface area contributed by atoms with E-state index in [1.165, 1.54) is 0 Å². The van der Waals surface area contributed by atoms with E-state index < -0.39 is 0 Å². The summed E-state index contributed by atoms with van der Waals surface area (Å²) >= 11 is -0.123. The zero-order valence-corrected chi connectivity index (χ0v) is 9.41. The summed E-state index contributed by atoms with van der Waals surface area (Å²) in [6, 6.07) is 0. The van der Waals surface area contributed by atoms with E-state index in [-0.39, 0.29) is 32.7 Å². The van der Waals surface area contributed by atoms with Crippen LogP contribution in [0.3, 0.4) is 0 Å². The summed E-state index contributed by atoms with van der Waals surface area (Å²) < 4.78 is 0.564. The lowest BCUT2D eigenvalue weighted by molar-refractivity contribution is -0.179. The van der Waals surface area contributed by atoms with Crippen LogP contribution in [0.2, 0.25) is 10.6 Å². The van der Waals surface area contributed by atoms with Gasteiger partial charge >= 0.3 is 0 Å². The zero-order chi connectivity index (χ0) is 9.22. The number of ketones is 1. The van der Waals surface area contributed by atoms with Crippen molar-refractivity contribution in [3.8, 4) is 0 Å². The maximum absolute atomic E-state index is 11.6. The highest BCUT2D eigenvalue weighted by atomic mass is 27.1. The highest BCUT2D eigenvalue weighted by Gasteiger charge is 2.72. The molecule has 0 aromatic rings. The predicted molar refractivity (Wildman–Crippen MR) is 51.0 cm³/mol. The van der Waals surface area contributed by atoms with E-state index >= 15 is 0 Å². The normalized spacial score (nSPS) is 57.5. The lowest BCUT2D eigenvalue weighted by Crippen LogP contribution is -2.63. The number of aliphatic hydroxyl groups is 1. The van der Waals surface area contributed by atoms with Crippen LogP contribution in [0.25, 0.3) is 0 Å². The minimum Gasteiger partial charge on any atom is -0.394 e. The minimum atomic E-state index is -0.123. The number of carbonyl (C=O) groups is 1. The third-order valence-electron chi connectivity index (χ3n) is 4.96. The fourth-order valence-corrected chi connectivity index (χ4v) is 6.27. The molecule has 0 aromatic heterocycles. The van der Waals surface area contributed by atoms with E-state index in [1.54, 1.807) is 0 Å². The van der Waals surface area contributed by atoms with Crippen molar-refractivity contribution >= 4 is 21.0 Å². The Balaban J connectivity index is 1.93. The Kier molecular flexibility index (Phi) is 1.56. The van der Waals surface area contributed by atoms with Gasteiger partial charge in [0.2, 0.25) is 15.2 Å². The van der Waals surface area contributed by atoms with Gasteiger partial charge in [-0.05, 0) is 18.8 Å². The number of carbonyl (C=O) groups excluding carboxylic acids is 1. The molecule has 3 fully saturated rings. The zero-order valence-electron chi connectivity index (χ0n) is 7.99. The third-order valence-corrected chi connectivity index (χ3v) is 6.92. The molecular weight excluding hydrogens is 179 g/mol. The van der Waals surface area contributed by atoms with Gasteiger partial charge in [0.05, 0.1) is 6.10 Å². The molecule has 0 saturated heterocycles. The molecule has 13 heavy (non-hydrogen) atoms. The van der Waals surface area contributed by atoms with Crippen molar-refractivity contribution in [3.63, 3.8) is 0 Å². The second kappa shape index (κ2) is 2.39. The van der Waals surface area contributed by atoms with Crippen molar-refractivity contribution in [2.75, 3.05) is 0 Å².